The predicted molar refractivity (Wildman–Crippen MR) is 92.6 cm³/mol. The van der Waals surface area contributed by atoms with Gasteiger partial charge in [-0.15, -0.1) is 11.3 Å². The summed E-state index contributed by atoms with van der Waals surface area (Å²) < 4.78 is 12.3. The number of para-hydroxylation sites is 1. The number of rotatable bonds is 6. The summed E-state index contributed by atoms with van der Waals surface area (Å²) in [5.41, 5.74) is 2.55. The van der Waals surface area contributed by atoms with Gasteiger partial charge in [-0.05, 0) is 31.9 Å². The van der Waals surface area contributed by atoms with E-state index >= 15 is 0 Å². The third-order valence-corrected chi connectivity index (χ3v) is 5.98. The minimum absolute atomic E-state index is 0.224. The predicted octanol–water partition coefficient (Wildman–Crippen LogP) is 3.29. The van der Waals surface area contributed by atoms with Gasteiger partial charge in [-0.2, -0.15) is 0 Å². The van der Waals surface area contributed by atoms with Gasteiger partial charge < -0.3 is 5.32 Å². The first-order valence-electron chi connectivity index (χ1n) is 7.18. The second-order valence-electron chi connectivity index (χ2n) is 5.06. The highest BCUT2D eigenvalue weighted by atomic mass is 32.2. The van der Waals surface area contributed by atoms with Crippen LogP contribution < -0.4 is 5.32 Å². The number of anilines is 1. The minimum Gasteiger partial charge on any atom is -0.325 e. The third-order valence-electron chi connectivity index (χ3n) is 3.36. The summed E-state index contributed by atoms with van der Waals surface area (Å²) in [4.78, 5) is 16.6. The molecule has 6 heteroatoms. The van der Waals surface area contributed by atoms with E-state index in [0.717, 1.165) is 28.4 Å². The molecule has 1 amide bonds. The summed E-state index contributed by atoms with van der Waals surface area (Å²) in [7, 11) is -1.28. The Bertz CT molecular complexity index is 682. The minimum atomic E-state index is -1.28. The van der Waals surface area contributed by atoms with Crippen LogP contribution in [0, 0.1) is 6.92 Å². The van der Waals surface area contributed by atoms with Crippen LogP contribution in [-0.4, -0.2) is 20.3 Å². The first-order chi connectivity index (χ1) is 10.5. The molecule has 1 N–H and O–H groups in total. The summed E-state index contributed by atoms with van der Waals surface area (Å²) >= 11 is 1.57. The van der Waals surface area contributed by atoms with Crippen molar-refractivity contribution in [2.45, 2.75) is 38.2 Å². The Morgan fingerprint density at radius 1 is 1.41 bits per heavy atom. The number of carbonyl (C=O) groups is 1. The highest BCUT2D eigenvalue weighted by Crippen LogP contribution is 2.16. The summed E-state index contributed by atoms with van der Waals surface area (Å²) in [5, 5.41) is 5.22. The Kier molecular flexibility index (Phi) is 5.85. The maximum atomic E-state index is 12.3. The van der Waals surface area contributed by atoms with E-state index in [1.807, 2.05) is 43.5 Å². The van der Waals surface area contributed by atoms with E-state index in [4.69, 9.17) is 0 Å². The molecule has 0 saturated carbocycles. The Labute approximate surface area is 137 Å². The molecule has 0 aliphatic carbocycles. The van der Waals surface area contributed by atoms with Crippen LogP contribution in [0.15, 0.2) is 29.6 Å². The van der Waals surface area contributed by atoms with E-state index in [2.05, 4.69) is 10.3 Å². The topological polar surface area (TPSA) is 59.1 Å². The number of nitrogens with one attached hydrogen (secondary N) is 1. The van der Waals surface area contributed by atoms with Crippen molar-refractivity contribution in [1.82, 2.24) is 4.98 Å². The summed E-state index contributed by atoms with van der Waals surface area (Å²) in [6.45, 7) is 5.66. The molecule has 1 aromatic heterocycles. The standard InChI is InChI=1S/C16H20N2O2S2/c1-4-15-17-13(9-21-15)10-22(20)12(3)16(19)18-14-8-6-5-7-11(14)2/h5-9,12H,4,10H2,1-3H3,(H,18,19)/t12-,22-/m0/s1. The Morgan fingerprint density at radius 2 is 2.14 bits per heavy atom. The van der Waals surface area contributed by atoms with Gasteiger partial charge in [0.1, 0.15) is 5.25 Å². The van der Waals surface area contributed by atoms with Crippen LogP contribution in [0.25, 0.3) is 0 Å². The van der Waals surface area contributed by atoms with Crippen LogP contribution in [0.2, 0.25) is 0 Å². The molecule has 0 fully saturated rings. The molecule has 0 aliphatic rings. The Morgan fingerprint density at radius 3 is 2.77 bits per heavy atom. The normalized spacial score (nSPS) is 13.6. The number of benzene rings is 1. The van der Waals surface area contributed by atoms with E-state index in [1.54, 1.807) is 18.3 Å². The van der Waals surface area contributed by atoms with Gasteiger partial charge >= 0.3 is 0 Å². The zero-order valence-electron chi connectivity index (χ0n) is 13.0. The second-order valence-corrected chi connectivity index (χ2v) is 7.76. The molecule has 0 bridgehead atoms. The van der Waals surface area contributed by atoms with Gasteiger partial charge in [-0.1, -0.05) is 25.1 Å². The quantitative estimate of drug-likeness (QED) is 0.880. The fourth-order valence-corrected chi connectivity index (χ4v) is 3.75. The van der Waals surface area contributed by atoms with E-state index in [-0.39, 0.29) is 5.91 Å². The lowest BCUT2D eigenvalue weighted by molar-refractivity contribution is -0.115. The molecule has 0 saturated heterocycles. The van der Waals surface area contributed by atoms with Crippen LogP contribution in [0.5, 0.6) is 0 Å². The lowest BCUT2D eigenvalue weighted by Gasteiger charge is -2.13. The molecule has 22 heavy (non-hydrogen) atoms. The van der Waals surface area contributed by atoms with Crippen LogP contribution in [-0.2, 0) is 27.8 Å². The average molecular weight is 336 g/mol. The first-order valence-corrected chi connectivity index (χ1v) is 9.44. The molecule has 0 spiro atoms. The summed E-state index contributed by atoms with van der Waals surface area (Å²) in [6, 6.07) is 7.56. The Balaban J connectivity index is 1.97. The molecule has 1 heterocycles. The molecule has 2 atom stereocenters. The molecule has 4 nitrogen and oxygen atoms in total. The first kappa shape index (κ1) is 16.8. The maximum absolute atomic E-state index is 12.3. The van der Waals surface area contributed by atoms with Gasteiger partial charge in [0.2, 0.25) is 5.91 Å². The monoisotopic (exact) mass is 336 g/mol. The smallest absolute Gasteiger partial charge is 0.239 e. The summed E-state index contributed by atoms with van der Waals surface area (Å²) in [6.07, 6.45) is 0.876. The van der Waals surface area contributed by atoms with E-state index in [9.17, 15) is 9.00 Å². The van der Waals surface area contributed by atoms with Crippen molar-refractivity contribution >= 4 is 33.7 Å². The van der Waals surface area contributed by atoms with E-state index in [0.29, 0.717) is 5.75 Å². The van der Waals surface area contributed by atoms with E-state index < -0.39 is 16.0 Å². The van der Waals surface area contributed by atoms with Crippen molar-refractivity contribution in [2.24, 2.45) is 0 Å². The number of aromatic nitrogens is 1. The maximum Gasteiger partial charge on any atom is 0.239 e. The number of thiazole rings is 1. The number of aryl methyl sites for hydroxylation is 2. The number of nitrogens with zero attached hydrogens (tertiary/aromatic N) is 1. The van der Waals surface area contributed by atoms with Crippen LogP contribution in [0.1, 0.15) is 30.1 Å². The van der Waals surface area contributed by atoms with Crippen molar-refractivity contribution in [1.29, 1.82) is 0 Å². The van der Waals surface area contributed by atoms with Gasteiger partial charge in [-0.3, -0.25) is 9.00 Å². The number of amides is 1. The van der Waals surface area contributed by atoms with Gasteiger partial charge in [-0.25, -0.2) is 4.98 Å². The van der Waals surface area contributed by atoms with Gasteiger partial charge in [0.15, 0.2) is 0 Å². The van der Waals surface area contributed by atoms with Gasteiger partial charge in [0.25, 0.3) is 0 Å². The molecule has 2 aromatic rings. The lowest BCUT2D eigenvalue weighted by atomic mass is 10.2. The molecule has 1 aromatic carbocycles. The van der Waals surface area contributed by atoms with Gasteiger partial charge in [0.05, 0.1) is 16.5 Å². The van der Waals surface area contributed by atoms with Gasteiger partial charge in [0, 0.05) is 21.9 Å². The molecule has 118 valence electrons. The van der Waals surface area contributed by atoms with Crippen molar-refractivity contribution in [3.8, 4) is 0 Å². The van der Waals surface area contributed by atoms with Crippen LogP contribution in [0.3, 0.4) is 0 Å². The highest BCUT2D eigenvalue weighted by Gasteiger charge is 2.21. The molecule has 0 aliphatic heterocycles. The van der Waals surface area contributed by atoms with Crippen molar-refractivity contribution in [3.05, 3.63) is 45.9 Å². The number of hydrogen-bond donors (Lipinski definition) is 1. The SMILES string of the molecule is CCc1nc(C[S@](=O)[C@@H](C)C(=O)Nc2ccccc2C)cs1. The number of hydrogen-bond acceptors (Lipinski definition) is 4. The van der Waals surface area contributed by atoms with Crippen molar-refractivity contribution in [2.75, 3.05) is 5.32 Å². The van der Waals surface area contributed by atoms with E-state index in [1.165, 1.54) is 0 Å². The fraction of sp³-hybridized carbons (Fsp3) is 0.375. The van der Waals surface area contributed by atoms with Crippen LogP contribution in [0.4, 0.5) is 5.69 Å². The lowest BCUT2D eigenvalue weighted by Crippen LogP contribution is -2.30. The molecule has 0 unspecified atom stereocenters. The summed E-state index contributed by atoms with van der Waals surface area (Å²) in [5.74, 6) is 0.0948. The zero-order valence-corrected chi connectivity index (χ0v) is 14.6. The molecule has 2 rings (SSSR count). The average Bonchev–Trinajstić information content (AvgIpc) is 2.96. The highest BCUT2D eigenvalue weighted by molar-refractivity contribution is 7.85. The Hall–Kier alpha value is -1.53. The van der Waals surface area contributed by atoms with Crippen LogP contribution >= 0.6 is 11.3 Å². The molecular formula is C16H20N2O2S2. The largest absolute Gasteiger partial charge is 0.325 e. The third kappa shape index (κ3) is 4.24. The second kappa shape index (κ2) is 7.65. The van der Waals surface area contributed by atoms with Crippen molar-refractivity contribution < 1.29 is 9.00 Å². The fourth-order valence-electron chi connectivity index (χ4n) is 1.92. The molecule has 0 radical (unpaired) electrons. The number of carbonyl (C=O) groups excluding carboxylic acids is 1. The molecular weight excluding hydrogens is 316 g/mol. The zero-order chi connectivity index (χ0) is 16.1. The van der Waals surface area contributed by atoms with Crippen molar-refractivity contribution in [3.63, 3.8) is 0 Å².